The van der Waals surface area contributed by atoms with E-state index in [2.05, 4.69) is 11.9 Å². The largest absolute Gasteiger partial charge is 0.484 e. The summed E-state index contributed by atoms with van der Waals surface area (Å²) in [7, 11) is 6.99. The normalized spacial score (nSPS) is 43.4. The molecule has 5 rings (SSSR count). The first-order valence-corrected chi connectivity index (χ1v) is 23.5. The van der Waals surface area contributed by atoms with Gasteiger partial charge in [-0.2, -0.15) is 0 Å². The van der Waals surface area contributed by atoms with E-state index in [0.29, 0.717) is 38.0 Å². The third kappa shape index (κ3) is 12.8. The Morgan fingerprint density at radius 1 is 1.02 bits per heavy atom. The van der Waals surface area contributed by atoms with E-state index >= 15 is 0 Å². The average molecular weight is 912 g/mol. The molecule has 0 unspecified atom stereocenters. The smallest absolute Gasteiger partial charge is 0.408 e. The highest BCUT2D eigenvalue weighted by Gasteiger charge is 2.54. The molecule has 2 bridgehead atoms. The quantitative estimate of drug-likeness (QED) is 0.185. The van der Waals surface area contributed by atoms with Crippen LogP contribution in [0.25, 0.3) is 0 Å². The highest BCUT2D eigenvalue weighted by atomic mass is 16.7. The Morgan fingerprint density at radius 2 is 1.67 bits per heavy atom. The molecule has 0 radical (unpaired) electrons. The Kier molecular flexibility index (Phi) is 18.4. The van der Waals surface area contributed by atoms with Crippen LogP contribution >= 0.6 is 0 Å². The molecule has 3 saturated heterocycles. The van der Waals surface area contributed by atoms with Crippen LogP contribution in [0.1, 0.15) is 129 Å². The summed E-state index contributed by atoms with van der Waals surface area (Å²) in [6.07, 6.45) is -5.03. The van der Waals surface area contributed by atoms with Gasteiger partial charge in [0.1, 0.15) is 23.4 Å². The number of fused-ring (bicyclic) bond motifs is 14. The van der Waals surface area contributed by atoms with Crippen LogP contribution in [0.15, 0.2) is 17.1 Å². The molecule has 0 aromatic carbocycles. The Morgan fingerprint density at radius 3 is 2.25 bits per heavy atom. The molecule has 5 aliphatic rings. The SMILES string of the molecule is C=C1CC[C@@H]2[C@@H](C)C(OC)=N[C@H](C)C[C@@](C)(OC1)[C@H](O[C@@H]1O[C@H](C)C[C@H](N(C)C)[C@H]1O)[C@@H](C)[C@H](O[C@H]1C[C@@](C)(OC)[C@H](NC(=O)OC(C)(C)C)[C@H](C)O1)[C@@H](C)C(=O)O[C@H](CC)[C@@]2(C)O. The summed E-state index contributed by atoms with van der Waals surface area (Å²) in [5.74, 6) is -2.61. The number of aliphatic hydroxyl groups excluding tert-OH is 1. The second-order valence-electron chi connectivity index (χ2n) is 21.1. The van der Waals surface area contributed by atoms with Gasteiger partial charge in [-0.05, 0) is 109 Å². The maximum Gasteiger partial charge on any atom is 0.408 e. The number of ether oxygens (including phenoxy) is 9. The Labute approximate surface area is 383 Å². The minimum atomic E-state index is -1.52. The van der Waals surface area contributed by atoms with Crippen molar-refractivity contribution < 1.29 is 62.4 Å². The van der Waals surface area contributed by atoms with Crippen molar-refractivity contribution in [3.8, 4) is 0 Å². The lowest BCUT2D eigenvalue weighted by molar-refractivity contribution is -0.314. The number of likely N-dealkylation sites (N-methyl/N-ethyl adjacent to an activating group) is 1. The van der Waals surface area contributed by atoms with Crippen LogP contribution < -0.4 is 5.32 Å². The van der Waals surface area contributed by atoms with Gasteiger partial charge in [-0.15, -0.1) is 0 Å². The number of hydrogen-bond donors (Lipinski definition) is 3. The van der Waals surface area contributed by atoms with Gasteiger partial charge in [-0.1, -0.05) is 32.9 Å². The van der Waals surface area contributed by atoms with E-state index in [1.165, 1.54) is 0 Å². The zero-order valence-corrected chi connectivity index (χ0v) is 42.1. The standard InChI is InChI=1S/C48H85N3O13/c1-19-35-48(14,55)33-21-20-26(2)25-58-47(13,23-27(3)49-41(56-17)29(33)5)40(63-43-37(52)34(51(15)16)22-28(4)59-43)30(6)38(31(7)42(53)61-35)62-36-24-46(12,57-18)39(32(8)60-36)50-44(54)64-45(9,10)11/h27-40,43,52,55H,2,19-25H2,1,3-18H3,(H,50,54)/t27-,28-,29-,30+,31-,32+,33-,34+,35-,36+,37-,38+,39-,40-,43+,46-,47-,48+/m1/s1. The van der Waals surface area contributed by atoms with Crippen molar-refractivity contribution >= 4 is 18.0 Å². The number of aliphatic hydroxyl groups is 2. The summed E-state index contributed by atoms with van der Waals surface area (Å²) in [5.41, 5.74) is -3.61. The van der Waals surface area contributed by atoms with Crippen molar-refractivity contribution in [3.63, 3.8) is 0 Å². The number of carbonyl (C=O) groups is 2. The fourth-order valence-corrected chi connectivity index (χ4v) is 10.6. The zero-order chi connectivity index (χ0) is 48.3. The molecule has 5 heterocycles. The maximum atomic E-state index is 14.8. The fourth-order valence-electron chi connectivity index (χ4n) is 10.6. The third-order valence-electron chi connectivity index (χ3n) is 14.2. The molecule has 64 heavy (non-hydrogen) atoms. The van der Waals surface area contributed by atoms with Gasteiger partial charge < -0.3 is 63.1 Å². The summed E-state index contributed by atoms with van der Waals surface area (Å²) in [5, 5.41) is 27.5. The minimum absolute atomic E-state index is 0.155. The number of hydrogen-bond acceptors (Lipinski definition) is 15. The van der Waals surface area contributed by atoms with Gasteiger partial charge in [-0.25, -0.2) is 4.79 Å². The van der Waals surface area contributed by atoms with Crippen LogP contribution in [-0.4, -0.2) is 158 Å². The molecule has 5 aliphatic heterocycles. The number of alkyl carbamates (subject to hydrolysis) is 1. The van der Waals surface area contributed by atoms with Gasteiger partial charge in [0.25, 0.3) is 0 Å². The highest BCUT2D eigenvalue weighted by molar-refractivity contribution is 5.79. The van der Waals surface area contributed by atoms with Crippen LogP contribution in [0.5, 0.6) is 0 Å². The molecule has 370 valence electrons. The summed E-state index contributed by atoms with van der Waals surface area (Å²) in [6, 6.07) is -1.30. The number of methoxy groups -OCH3 is 2. The molecule has 1 amide bonds. The van der Waals surface area contributed by atoms with Gasteiger partial charge in [-0.3, -0.25) is 9.79 Å². The van der Waals surface area contributed by atoms with Crippen LogP contribution in [0.4, 0.5) is 4.79 Å². The number of amides is 1. The van der Waals surface area contributed by atoms with Crippen molar-refractivity contribution in [1.29, 1.82) is 0 Å². The summed E-state index contributed by atoms with van der Waals surface area (Å²) in [4.78, 5) is 35.0. The fraction of sp³-hybridized carbons (Fsp3) is 0.896. The summed E-state index contributed by atoms with van der Waals surface area (Å²) >= 11 is 0. The van der Waals surface area contributed by atoms with Crippen LogP contribution in [0.2, 0.25) is 0 Å². The molecular formula is C48H85N3O13. The van der Waals surface area contributed by atoms with Gasteiger partial charge >= 0.3 is 12.1 Å². The second-order valence-corrected chi connectivity index (χ2v) is 21.1. The van der Waals surface area contributed by atoms with E-state index in [-0.39, 0.29) is 31.1 Å². The lowest BCUT2D eigenvalue weighted by Crippen LogP contribution is -2.64. The van der Waals surface area contributed by atoms with Gasteiger partial charge in [0, 0.05) is 43.7 Å². The number of nitrogens with zero attached hydrogens (tertiary/aromatic N) is 2. The first-order valence-electron chi connectivity index (χ1n) is 23.5. The monoisotopic (exact) mass is 912 g/mol. The number of rotatable bonds is 8. The molecule has 0 aromatic heterocycles. The number of aliphatic imine (C=N–C) groups is 1. The van der Waals surface area contributed by atoms with Crippen molar-refractivity contribution in [3.05, 3.63) is 12.2 Å². The highest BCUT2D eigenvalue weighted by Crippen LogP contribution is 2.43. The second kappa shape index (κ2) is 21.7. The predicted molar refractivity (Wildman–Crippen MR) is 243 cm³/mol. The van der Waals surface area contributed by atoms with Crippen LogP contribution in [0, 0.1) is 23.7 Å². The molecular weight excluding hydrogens is 827 g/mol. The first kappa shape index (κ1) is 54.2. The molecule has 18 atom stereocenters. The van der Waals surface area contributed by atoms with Crippen molar-refractivity contribution in [2.24, 2.45) is 28.7 Å². The Hall–Kier alpha value is -2.41. The third-order valence-corrected chi connectivity index (χ3v) is 14.2. The first-order chi connectivity index (χ1) is 29.6. The summed E-state index contributed by atoms with van der Waals surface area (Å²) < 4.78 is 58.4. The molecule has 16 nitrogen and oxygen atoms in total. The van der Waals surface area contributed by atoms with Crippen molar-refractivity contribution in [1.82, 2.24) is 10.2 Å². The molecule has 3 fully saturated rings. The van der Waals surface area contributed by atoms with E-state index in [1.54, 1.807) is 48.8 Å². The maximum absolute atomic E-state index is 14.8. The number of nitrogens with one attached hydrogen (secondary N) is 1. The van der Waals surface area contributed by atoms with E-state index in [0.717, 1.165) is 5.57 Å². The molecule has 3 N–H and O–H groups in total. The van der Waals surface area contributed by atoms with E-state index in [9.17, 15) is 19.8 Å². The van der Waals surface area contributed by atoms with Gasteiger partial charge in [0.05, 0.1) is 67.3 Å². The molecule has 0 saturated carbocycles. The topological polar surface area (TPSA) is 185 Å². The van der Waals surface area contributed by atoms with Gasteiger partial charge in [0.2, 0.25) is 0 Å². The van der Waals surface area contributed by atoms with Crippen LogP contribution in [-0.2, 0) is 47.4 Å². The van der Waals surface area contributed by atoms with E-state index in [1.807, 2.05) is 74.4 Å². The zero-order valence-electron chi connectivity index (χ0n) is 42.1. The Balaban J connectivity index is 1.93. The summed E-state index contributed by atoms with van der Waals surface area (Å²) in [6.45, 7) is 28.8. The lowest BCUT2D eigenvalue weighted by Gasteiger charge is -2.50. The van der Waals surface area contributed by atoms with Crippen LogP contribution in [0.3, 0.4) is 0 Å². The molecule has 0 aliphatic carbocycles. The molecule has 0 spiro atoms. The minimum Gasteiger partial charge on any atom is -0.484 e. The van der Waals surface area contributed by atoms with E-state index < -0.39 is 107 Å². The lowest BCUT2D eigenvalue weighted by atomic mass is 9.72. The predicted octanol–water partition coefficient (Wildman–Crippen LogP) is 6.18. The average Bonchev–Trinajstić information content (AvgIpc) is 3.19. The van der Waals surface area contributed by atoms with Gasteiger partial charge in [0.15, 0.2) is 18.5 Å². The molecule has 16 heteroatoms. The van der Waals surface area contributed by atoms with Crippen molar-refractivity contribution in [2.45, 2.75) is 218 Å². The van der Waals surface area contributed by atoms with E-state index in [4.69, 9.17) is 47.6 Å². The number of esters is 1. The number of carbonyl (C=O) groups excluding carboxylic acids is 2. The Bertz CT molecular complexity index is 1600. The van der Waals surface area contributed by atoms with Crippen molar-refractivity contribution in [2.75, 3.05) is 34.9 Å². The molecule has 0 aromatic rings.